The average molecular weight is 510 g/mol. The van der Waals surface area contributed by atoms with Gasteiger partial charge in [-0.15, -0.1) is 0 Å². The molecular weight excluding hydrogens is 475 g/mol. The Labute approximate surface area is 216 Å². The van der Waals surface area contributed by atoms with E-state index in [2.05, 4.69) is 68.3 Å². The summed E-state index contributed by atoms with van der Waals surface area (Å²) in [6.45, 7) is 9.07. The quantitative estimate of drug-likeness (QED) is 0.448. The van der Waals surface area contributed by atoms with Crippen molar-refractivity contribution >= 4 is 22.9 Å². The van der Waals surface area contributed by atoms with Crippen molar-refractivity contribution in [2.45, 2.75) is 38.9 Å². The molecular formula is C29H34F3N5. The molecule has 0 aliphatic carbocycles. The van der Waals surface area contributed by atoms with Crippen LogP contribution in [0.15, 0.2) is 60.8 Å². The number of rotatable bonds is 5. The van der Waals surface area contributed by atoms with Gasteiger partial charge >= 0.3 is 6.18 Å². The van der Waals surface area contributed by atoms with E-state index in [-0.39, 0.29) is 11.6 Å². The van der Waals surface area contributed by atoms with Crippen molar-refractivity contribution in [3.63, 3.8) is 0 Å². The number of aromatic nitrogens is 1. The molecule has 1 N–H and O–H groups in total. The van der Waals surface area contributed by atoms with Crippen LogP contribution in [0.4, 0.5) is 36.1 Å². The summed E-state index contributed by atoms with van der Waals surface area (Å²) in [6, 6.07) is 17.6. The first-order valence-electron chi connectivity index (χ1n) is 13.0. The van der Waals surface area contributed by atoms with E-state index >= 15 is 0 Å². The SMILES string of the molecule is Cc1ccc(N2CCN(c3cc(N4CCC(Nc5ccc(C)c(C(F)(F)F)c5)CC4)ccn3)CC2)cc1. The van der Waals surface area contributed by atoms with Crippen LogP contribution in [0.5, 0.6) is 0 Å². The van der Waals surface area contributed by atoms with Gasteiger partial charge in [-0.1, -0.05) is 23.8 Å². The molecule has 0 spiro atoms. The van der Waals surface area contributed by atoms with Crippen molar-refractivity contribution in [2.75, 3.05) is 59.3 Å². The first-order valence-corrected chi connectivity index (χ1v) is 13.0. The predicted octanol–water partition coefficient (Wildman–Crippen LogP) is 6.12. The zero-order valence-electron chi connectivity index (χ0n) is 21.4. The van der Waals surface area contributed by atoms with Crippen LogP contribution >= 0.6 is 0 Å². The van der Waals surface area contributed by atoms with Crippen LogP contribution in [-0.4, -0.2) is 50.3 Å². The molecule has 5 rings (SSSR count). The number of halogens is 3. The van der Waals surface area contributed by atoms with Crippen molar-refractivity contribution < 1.29 is 13.2 Å². The molecule has 2 aliphatic heterocycles. The molecule has 0 radical (unpaired) electrons. The molecule has 3 aromatic rings. The van der Waals surface area contributed by atoms with Crippen LogP contribution < -0.4 is 20.0 Å². The molecule has 37 heavy (non-hydrogen) atoms. The van der Waals surface area contributed by atoms with Gasteiger partial charge in [0.2, 0.25) is 0 Å². The number of benzene rings is 2. The lowest BCUT2D eigenvalue weighted by molar-refractivity contribution is -0.138. The minimum Gasteiger partial charge on any atom is -0.382 e. The third-order valence-electron chi connectivity index (χ3n) is 7.51. The number of hydrogen-bond donors (Lipinski definition) is 1. The lowest BCUT2D eigenvalue weighted by Gasteiger charge is -2.38. The predicted molar refractivity (Wildman–Crippen MR) is 145 cm³/mol. The van der Waals surface area contributed by atoms with Crippen LogP contribution in [0.1, 0.15) is 29.5 Å². The van der Waals surface area contributed by atoms with Crippen LogP contribution in [0.2, 0.25) is 0 Å². The molecule has 5 nitrogen and oxygen atoms in total. The Kier molecular flexibility index (Phi) is 7.17. The summed E-state index contributed by atoms with van der Waals surface area (Å²) in [5, 5.41) is 3.32. The van der Waals surface area contributed by atoms with Gasteiger partial charge in [-0.25, -0.2) is 4.98 Å². The van der Waals surface area contributed by atoms with Crippen molar-refractivity contribution in [3.8, 4) is 0 Å². The van der Waals surface area contributed by atoms with Crippen molar-refractivity contribution in [1.29, 1.82) is 0 Å². The maximum absolute atomic E-state index is 13.3. The van der Waals surface area contributed by atoms with Gasteiger partial charge in [0, 0.05) is 74.6 Å². The van der Waals surface area contributed by atoms with Gasteiger partial charge in [0.1, 0.15) is 5.82 Å². The second-order valence-electron chi connectivity index (χ2n) is 10.1. The minimum atomic E-state index is -4.34. The maximum atomic E-state index is 13.3. The van der Waals surface area contributed by atoms with Crippen LogP contribution in [-0.2, 0) is 6.18 Å². The number of hydrogen-bond acceptors (Lipinski definition) is 5. The smallest absolute Gasteiger partial charge is 0.382 e. The fraction of sp³-hybridized carbons (Fsp3) is 0.414. The molecule has 3 heterocycles. The highest BCUT2D eigenvalue weighted by molar-refractivity contribution is 5.57. The summed E-state index contributed by atoms with van der Waals surface area (Å²) in [5.41, 5.74) is 3.90. The molecule has 0 unspecified atom stereocenters. The monoisotopic (exact) mass is 509 g/mol. The normalized spacial score (nSPS) is 17.3. The number of pyridine rings is 1. The molecule has 0 bridgehead atoms. The van der Waals surface area contributed by atoms with Gasteiger partial charge in [0.15, 0.2) is 0 Å². The number of piperidine rings is 1. The summed E-state index contributed by atoms with van der Waals surface area (Å²) >= 11 is 0. The standard InChI is InChI=1S/C29H34F3N5/c1-21-3-7-25(8-4-21)36-15-17-37(18-16-36)28-20-26(9-12-33-28)35-13-10-23(11-14-35)34-24-6-5-22(2)27(19-24)29(30,31)32/h3-9,12,19-20,23,34H,10-11,13-18H2,1-2H3. The second-order valence-corrected chi connectivity index (χ2v) is 10.1. The summed E-state index contributed by atoms with van der Waals surface area (Å²) in [6.07, 6.45) is -0.728. The topological polar surface area (TPSA) is 34.6 Å². The number of nitrogens with one attached hydrogen (secondary N) is 1. The van der Waals surface area contributed by atoms with E-state index in [4.69, 9.17) is 0 Å². The lowest BCUT2D eigenvalue weighted by atomic mass is 10.0. The van der Waals surface area contributed by atoms with E-state index in [9.17, 15) is 13.2 Å². The summed E-state index contributed by atoms with van der Waals surface area (Å²) in [5.74, 6) is 1.00. The highest BCUT2D eigenvalue weighted by atomic mass is 19.4. The van der Waals surface area contributed by atoms with Crippen molar-refractivity contribution in [3.05, 3.63) is 77.5 Å². The zero-order chi connectivity index (χ0) is 26.0. The summed E-state index contributed by atoms with van der Waals surface area (Å²) in [7, 11) is 0. The zero-order valence-corrected chi connectivity index (χ0v) is 21.4. The van der Waals surface area contributed by atoms with Crippen LogP contribution in [0.25, 0.3) is 0 Å². The maximum Gasteiger partial charge on any atom is 0.416 e. The molecule has 8 heteroatoms. The Morgan fingerprint density at radius 1 is 0.757 bits per heavy atom. The number of nitrogens with zero attached hydrogens (tertiary/aromatic N) is 4. The first kappa shape index (κ1) is 25.2. The number of alkyl halides is 3. The molecule has 0 amide bonds. The fourth-order valence-electron chi connectivity index (χ4n) is 5.26. The van der Waals surface area contributed by atoms with Gasteiger partial charge in [0.05, 0.1) is 5.56 Å². The highest BCUT2D eigenvalue weighted by Gasteiger charge is 2.32. The number of anilines is 4. The molecule has 196 valence electrons. The van der Waals surface area contributed by atoms with Crippen molar-refractivity contribution in [1.82, 2.24) is 4.98 Å². The van der Waals surface area contributed by atoms with E-state index in [0.29, 0.717) is 5.69 Å². The van der Waals surface area contributed by atoms with Crippen LogP contribution in [0, 0.1) is 13.8 Å². The van der Waals surface area contributed by atoms with E-state index in [1.54, 1.807) is 12.1 Å². The van der Waals surface area contributed by atoms with Gasteiger partial charge < -0.3 is 20.0 Å². The Bertz CT molecular complexity index is 1190. The van der Waals surface area contributed by atoms with Gasteiger partial charge in [-0.3, -0.25) is 0 Å². The molecule has 0 atom stereocenters. The summed E-state index contributed by atoms with van der Waals surface area (Å²) in [4.78, 5) is 11.8. The third kappa shape index (κ3) is 5.95. The Morgan fingerprint density at radius 2 is 1.41 bits per heavy atom. The minimum absolute atomic E-state index is 0.149. The Morgan fingerprint density at radius 3 is 2.08 bits per heavy atom. The lowest BCUT2D eigenvalue weighted by Crippen LogP contribution is -2.47. The molecule has 2 aliphatic rings. The average Bonchev–Trinajstić information content (AvgIpc) is 2.90. The molecule has 1 aromatic heterocycles. The van der Waals surface area contributed by atoms with E-state index < -0.39 is 11.7 Å². The summed E-state index contributed by atoms with van der Waals surface area (Å²) < 4.78 is 39.8. The Balaban J connectivity index is 1.16. The van der Waals surface area contributed by atoms with E-state index in [1.807, 2.05) is 6.20 Å². The van der Waals surface area contributed by atoms with E-state index in [0.717, 1.165) is 63.6 Å². The third-order valence-corrected chi connectivity index (χ3v) is 7.51. The number of piperazine rings is 1. The van der Waals surface area contributed by atoms with E-state index in [1.165, 1.54) is 24.2 Å². The molecule has 2 fully saturated rings. The van der Waals surface area contributed by atoms with Crippen LogP contribution in [0.3, 0.4) is 0 Å². The van der Waals surface area contributed by atoms with Gasteiger partial charge in [-0.2, -0.15) is 13.2 Å². The number of aryl methyl sites for hydroxylation is 2. The molecule has 2 aromatic carbocycles. The Hall–Kier alpha value is -3.42. The highest BCUT2D eigenvalue weighted by Crippen LogP contribution is 2.34. The van der Waals surface area contributed by atoms with Gasteiger partial charge in [-0.05, 0) is 62.6 Å². The molecule has 0 saturated carbocycles. The second kappa shape index (κ2) is 10.5. The van der Waals surface area contributed by atoms with Crippen molar-refractivity contribution in [2.24, 2.45) is 0 Å². The molecule has 2 saturated heterocycles. The fourth-order valence-corrected chi connectivity index (χ4v) is 5.26. The van der Waals surface area contributed by atoms with Gasteiger partial charge in [0.25, 0.3) is 0 Å². The first-order chi connectivity index (χ1) is 17.8. The largest absolute Gasteiger partial charge is 0.416 e.